The minimum atomic E-state index is -4.31. The van der Waals surface area contributed by atoms with Crippen LogP contribution >= 0.6 is 23.2 Å². The molecule has 1 saturated carbocycles. The van der Waals surface area contributed by atoms with Crippen LogP contribution in [-0.2, 0) is 26.2 Å². The molecule has 3 aromatic carbocycles. The molecular weight excluding hydrogens is 637 g/mol. The third-order valence-electron chi connectivity index (χ3n) is 8.05. The molecule has 45 heavy (non-hydrogen) atoms. The number of ether oxygens (including phenoxy) is 2. The number of nitrogens with zero attached hydrogens (tertiary/aromatic N) is 2. The minimum absolute atomic E-state index is 0.0176. The maximum absolute atomic E-state index is 14.3. The lowest BCUT2D eigenvalue weighted by molar-refractivity contribution is -0.139. The molecule has 2 amide bonds. The summed E-state index contributed by atoms with van der Waals surface area (Å²) in [6.45, 7) is 2.81. The van der Waals surface area contributed by atoms with E-state index in [1.165, 1.54) is 37.3 Å². The maximum atomic E-state index is 14.3. The number of sulfonamides is 1. The van der Waals surface area contributed by atoms with Crippen molar-refractivity contribution in [1.29, 1.82) is 0 Å². The van der Waals surface area contributed by atoms with E-state index in [0.29, 0.717) is 21.4 Å². The average Bonchev–Trinajstić information content (AvgIpc) is 3.03. The topological polar surface area (TPSA) is 105 Å². The summed E-state index contributed by atoms with van der Waals surface area (Å²) in [6, 6.07) is 15.1. The number of hydrogen-bond donors (Lipinski definition) is 1. The summed E-state index contributed by atoms with van der Waals surface area (Å²) in [7, 11) is -1.45. The molecule has 0 spiro atoms. The highest BCUT2D eigenvalue weighted by Gasteiger charge is 2.34. The zero-order valence-electron chi connectivity index (χ0n) is 25.9. The molecule has 3 aromatic rings. The summed E-state index contributed by atoms with van der Waals surface area (Å²) >= 11 is 13.0. The van der Waals surface area contributed by atoms with Crippen LogP contribution in [0, 0.1) is 6.92 Å². The highest BCUT2D eigenvalue weighted by molar-refractivity contribution is 7.92. The van der Waals surface area contributed by atoms with Gasteiger partial charge in [-0.05, 0) is 63.1 Å². The second-order valence-corrected chi connectivity index (χ2v) is 13.8. The molecule has 12 heteroatoms. The van der Waals surface area contributed by atoms with Gasteiger partial charge < -0.3 is 19.7 Å². The molecule has 0 unspecified atom stereocenters. The first-order valence-corrected chi connectivity index (χ1v) is 17.0. The first-order valence-electron chi connectivity index (χ1n) is 14.8. The predicted molar refractivity (Wildman–Crippen MR) is 177 cm³/mol. The quantitative estimate of drug-likeness (QED) is 0.239. The molecule has 1 aliphatic rings. The van der Waals surface area contributed by atoms with Crippen LogP contribution in [0.5, 0.6) is 11.5 Å². The van der Waals surface area contributed by atoms with Gasteiger partial charge in [0.25, 0.3) is 10.0 Å². The van der Waals surface area contributed by atoms with Gasteiger partial charge in [0.2, 0.25) is 11.8 Å². The number of anilines is 1. The molecule has 0 aromatic heterocycles. The maximum Gasteiger partial charge on any atom is 0.264 e. The van der Waals surface area contributed by atoms with Gasteiger partial charge in [0.05, 0.1) is 24.8 Å². The van der Waals surface area contributed by atoms with E-state index in [0.717, 1.165) is 42.0 Å². The SMILES string of the molecule is COc1ccc(S(=O)(=O)N(CC(=O)N(Cc2c(Cl)cccc2Cl)[C@H](C)C(=O)NC2CCCCC2)c2ccc(C)cc2)cc1OC. The Bertz CT molecular complexity index is 1590. The van der Waals surface area contributed by atoms with Crippen molar-refractivity contribution in [1.82, 2.24) is 10.2 Å². The predicted octanol–water partition coefficient (Wildman–Crippen LogP) is 6.38. The first kappa shape index (κ1) is 34.4. The monoisotopic (exact) mass is 675 g/mol. The molecular formula is C33H39Cl2N3O6S. The summed E-state index contributed by atoms with van der Waals surface area (Å²) in [4.78, 5) is 29.0. The second kappa shape index (κ2) is 15.2. The van der Waals surface area contributed by atoms with Crippen LogP contribution in [0.15, 0.2) is 65.6 Å². The Morgan fingerprint density at radius 3 is 2.16 bits per heavy atom. The standard InChI is InChI=1S/C33H39Cl2N3O6S/c1-22-13-15-25(16-14-22)38(45(41,42)26-17-18-30(43-3)31(19-26)44-4)21-32(39)37(20-27-28(34)11-8-12-29(27)35)23(2)33(40)36-24-9-6-5-7-10-24/h8,11-19,23-24H,5-7,9-10,20-21H2,1-4H3,(H,36,40)/t23-/m1/s1. The van der Waals surface area contributed by atoms with E-state index in [1.807, 2.05) is 6.92 Å². The fraction of sp³-hybridized carbons (Fsp3) is 0.394. The molecule has 9 nitrogen and oxygen atoms in total. The van der Waals surface area contributed by atoms with Crippen molar-refractivity contribution in [2.45, 2.75) is 69.5 Å². The van der Waals surface area contributed by atoms with Gasteiger partial charge in [-0.25, -0.2) is 8.42 Å². The molecule has 1 fully saturated rings. The molecule has 0 bridgehead atoms. The lowest BCUT2D eigenvalue weighted by atomic mass is 9.95. The summed E-state index contributed by atoms with van der Waals surface area (Å²) < 4.78 is 40.1. The number of amides is 2. The molecule has 1 aliphatic carbocycles. The molecule has 0 aliphatic heterocycles. The van der Waals surface area contributed by atoms with Crippen LogP contribution in [0.1, 0.15) is 50.2 Å². The molecule has 4 rings (SSSR count). The Kier molecular flexibility index (Phi) is 11.6. The van der Waals surface area contributed by atoms with Gasteiger partial charge in [-0.15, -0.1) is 0 Å². The second-order valence-electron chi connectivity index (χ2n) is 11.1. The highest BCUT2D eigenvalue weighted by atomic mass is 35.5. The van der Waals surface area contributed by atoms with Crippen LogP contribution in [0.4, 0.5) is 5.69 Å². The third kappa shape index (κ3) is 8.23. The Balaban J connectivity index is 1.73. The minimum Gasteiger partial charge on any atom is -0.493 e. The van der Waals surface area contributed by atoms with Crippen molar-refractivity contribution in [3.8, 4) is 11.5 Å². The number of carbonyl (C=O) groups excluding carboxylic acids is 2. The number of aryl methyl sites for hydroxylation is 1. The molecule has 0 radical (unpaired) electrons. The molecule has 1 N–H and O–H groups in total. The fourth-order valence-corrected chi connectivity index (χ4v) is 7.30. The van der Waals surface area contributed by atoms with Crippen molar-refractivity contribution < 1.29 is 27.5 Å². The Labute approximate surface area is 275 Å². The Morgan fingerprint density at radius 1 is 0.933 bits per heavy atom. The van der Waals surface area contributed by atoms with E-state index in [4.69, 9.17) is 32.7 Å². The number of rotatable bonds is 12. The van der Waals surface area contributed by atoms with Gasteiger partial charge in [0, 0.05) is 34.3 Å². The van der Waals surface area contributed by atoms with Crippen LogP contribution in [-0.4, -0.2) is 58.0 Å². The van der Waals surface area contributed by atoms with Crippen molar-refractivity contribution >= 4 is 50.7 Å². The molecule has 242 valence electrons. The van der Waals surface area contributed by atoms with Crippen LogP contribution in [0.3, 0.4) is 0 Å². The Hall–Kier alpha value is -3.47. The van der Waals surface area contributed by atoms with Gasteiger partial charge in [0.1, 0.15) is 12.6 Å². The number of carbonyl (C=O) groups is 2. The lowest BCUT2D eigenvalue weighted by Gasteiger charge is -2.33. The van der Waals surface area contributed by atoms with Crippen molar-refractivity contribution in [2.24, 2.45) is 0 Å². The van der Waals surface area contributed by atoms with Crippen LogP contribution in [0.2, 0.25) is 10.0 Å². The highest BCUT2D eigenvalue weighted by Crippen LogP contribution is 2.33. The van der Waals surface area contributed by atoms with Gasteiger partial charge in [0.15, 0.2) is 11.5 Å². The number of nitrogens with one attached hydrogen (secondary N) is 1. The first-order chi connectivity index (χ1) is 21.5. The lowest BCUT2D eigenvalue weighted by Crippen LogP contribution is -2.53. The zero-order chi connectivity index (χ0) is 32.7. The van der Waals surface area contributed by atoms with Crippen LogP contribution in [0.25, 0.3) is 0 Å². The fourth-order valence-electron chi connectivity index (χ4n) is 5.35. The number of benzene rings is 3. The normalized spacial score (nSPS) is 14.4. The molecule has 0 heterocycles. The summed E-state index contributed by atoms with van der Waals surface area (Å²) in [6.07, 6.45) is 4.91. The summed E-state index contributed by atoms with van der Waals surface area (Å²) in [5.74, 6) is -0.364. The Morgan fingerprint density at radius 2 is 1.56 bits per heavy atom. The van der Waals surface area contributed by atoms with E-state index >= 15 is 0 Å². The van der Waals surface area contributed by atoms with Crippen molar-refractivity contribution in [3.63, 3.8) is 0 Å². The zero-order valence-corrected chi connectivity index (χ0v) is 28.2. The van der Waals surface area contributed by atoms with E-state index < -0.39 is 28.5 Å². The van der Waals surface area contributed by atoms with Gasteiger partial charge >= 0.3 is 0 Å². The van der Waals surface area contributed by atoms with E-state index in [1.54, 1.807) is 49.4 Å². The van der Waals surface area contributed by atoms with Gasteiger partial charge in [-0.3, -0.25) is 13.9 Å². The summed E-state index contributed by atoms with van der Waals surface area (Å²) in [5.41, 5.74) is 1.64. The number of hydrogen-bond acceptors (Lipinski definition) is 6. The smallest absolute Gasteiger partial charge is 0.264 e. The van der Waals surface area contributed by atoms with Crippen LogP contribution < -0.4 is 19.1 Å². The van der Waals surface area contributed by atoms with Crippen molar-refractivity contribution in [2.75, 3.05) is 25.1 Å². The van der Waals surface area contributed by atoms with E-state index in [-0.39, 0.29) is 34.8 Å². The van der Waals surface area contributed by atoms with Gasteiger partial charge in [-0.1, -0.05) is 66.2 Å². The van der Waals surface area contributed by atoms with E-state index in [9.17, 15) is 18.0 Å². The third-order valence-corrected chi connectivity index (χ3v) is 10.5. The summed E-state index contributed by atoms with van der Waals surface area (Å²) in [5, 5.41) is 3.74. The van der Waals surface area contributed by atoms with Crippen molar-refractivity contribution in [3.05, 3.63) is 81.8 Å². The number of methoxy groups -OCH3 is 2. The van der Waals surface area contributed by atoms with Gasteiger partial charge in [-0.2, -0.15) is 0 Å². The largest absolute Gasteiger partial charge is 0.493 e. The average molecular weight is 677 g/mol. The number of halogens is 2. The molecule has 0 saturated heterocycles. The molecule has 1 atom stereocenters. The van der Waals surface area contributed by atoms with E-state index in [2.05, 4.69) is 5.32 Å².